The zero-order valence-electron chi connectivity index (χ0n) is 21.3. The number of anilines is 2. The van der Waals surface area contributed by atoms with Crippen LogP contribution in [0.25, 0.3) is 22.5 Å². The van der Waals surface area contributed by atoms with Crippen LogP contribution in [0, 0.1) is 10.1 Å². The van der Waals surface area contributed by atoms with Gasteiger partial charge in [0.2, 0.25) is 0 Å². The lowest BCUT2D eigenvalue weighted by Crippen LogP contribution is -2.29. The van der Waals surface area contributed by atoms with Gasteiger partial charge in [0.15, 0.2) is 0 Å². The lowest BCUT2D eigenvalue weighted by molar-refractivity contribution is -0.384. The molecule has 0 atom stereocenters. The molecule has 3 heterocycles. The molecular formula is C30H28N6O3. The third-order valence-corrected chi connectivity index (χ3v) is 7.25. The summed E-state index contributed by atoms with van der Waals surface area (Å²) in [6.45, 7) is 3.12. The molecule has 1 amide bonds. The standard InChI is InChI=1S/C30H28N6O3/c37-30-28(25-16-24(36(38)39)12-13-26(25)34-30)29(33-23-10-8-21(9-11-23)27-17-31-19-32-27)22-6-4-20(5-7-22)18-35-14-2-1-3-15-35/h4-13,16-17,19,33H,1-3,14-15,18H2,(H,31,32)(H,34,37). The van der Waals surface area contributed by atoms with Gasteiger partial charge in [-0.3, -0.25) is 19.8 Å². The molecule has 0 radical (unpaired) electrons. The fourth-order valence-electron chi connectivity index (χ4n) is 5.24. The van der Waals surface area contributed by atoms with Crippen LogP contribution in [0.1, 0.15) is 36.0 Å². The van der Waals surface area contributed by atoms with Crippen molar-refractivity contribution in [3.63, 3.8) is 0 Å². The molecule has 4 aromatic rings. The number of piperidine rings is 1. The third kappa shape index (κ3) is 5.17. The Balaban J connectivity index is 1.39. The Morgan fingerprint density at radius 1 is 1.00 bits per heavy atom. The highest BCUT2D eigenvalue weighted by Gasteiger charge is 2.30. The molecule has 9 nitrogen and oxygen atoms in total. The first-order valence-corrected chi connectivity index (χ1v) is 13.1. The number of rotatable bonds is 7. The predicted molar refractivity (Wildman–Crippen MR) is 152 cm³/mol. The second kappa shape index (κ2) is 10.5. The van der Waals surface area contributed by atoms with Gasteiger partial charge in [-0.25, -0.2) is 4.98 Å². The molecule has 0 saturated carbocycles. The first-order valence-electron chi connectivity index (χ1n) is 13.1. The first kappa shape index (κ1) is 24.6. The maximum absolute atomic E-state index is 13.3. The molecular weight excluding hydrogens is 492 g/mol. The average molecular weight is 521 g/mol. The Morgan fingerprint density at radius 3 is 2.46 bits per heavy atom. The lowest BCUT2D eigenvalue weighted by Gasteiger charge is -2.26. The number of aromatic amines is 1. The smallest absolute Gasteiger partial charge is 0.270 e. The van der Waals surface area contributed by atoms with Crippen molar-refractivity contribution >= 4 is 34.2 Å². The molecule has 0 spiro atoms. The van der Waals surface area contributed by atoms with E-state index in [0.29, 0.717) is 22.5 Å². The van der Waals surface area contributed by atoms with Crippen LogP contribution in [0.4, 0.5) is 17.1 Å². The van der Waals surface area contributed by atoms with Crippen LogP contribution in [0.15, 0.2) is 79.3 Å². The number of non-ortho nitro benzene ring substituents is 1. The number of amides is 1. The fraction of sp³-hybridized carbons (Fsp3) is 0.200. The summed E-state index contributed by atoms with van der Waals surface area (Å²) in [7, 11) is 0. The number of carbonyl (C=O) groups is 1. The number of imidazole rings is 1. The number of H-pyrrole nitrogens is 1. The van der Waals surface area contributed by atoms with E-state index in [0.717, 1.165) is 42.1 Å². The summed E-state index contributed by atoms with van der Waals surface area (Å²) in [4.78, 5) is 34.0. The van der Waals surface area contributed by atoms with E-state index in [2.05, 4.69) is 37.6 Å². The van der Waals surface area contributed by atoms with Gasteiger partial charge >= 0.3 is 0 Å². The largest absolute Gasteiger partial charge is 0.354 e. The molecule has 2 aliphatic rings. The van der Waals surface area contributed by atoms with Crippen molar-refractivity contribution < 1.29 is 9.72 Å². The van der Waals surface area contributed by atoms with Crippen LogP contribution in [-0.2, 0) is 11.3 Å². The molecule has 0 bridgehead atoms. The Kier molecular flexibility index (Phi) is 6.64. The topological polar surface area (TPSA) is 116 Å². The van der Waals surface area contributed by atoms with Gasteiger partial charge in [0, 0.05) is 47.4 Å². The second-order valence-electron chi connectivity index (χ2n) is 9.88. The van der Waals surface area contributed by atoms with Gasteiger partial charge in [0.1, 0.15) is 0 Å². The van der Waals surface area contributed by atoms with Crippen molar-refractivity contribution in [3.8, 4) is 11.3 Å². The normalized spacial score (nSPS) is 16.5. The van der Waals surface area contributed by atoms with Crippen molar-refractivity contribution in [2.75, 3.05) is 23.7 Å². The van der Waals surface area contributed by atoms with Gasteiger partial charge in [-0.05, 0) is 55.3 Å². The van der Waals surface area contributed by atoms with Crippen LogP contribution in [0.2, 0.25) is 0 Å². The average Bonchev–Trinajstić information content (AvgIpc) is 3.61. The minimum atomic E-state index is -0.447. The van der Waals surface area contributed by atoms with Gasteiger partial charge in [-0.2, -0.15) is 0 Å². The number of nitrogens with one attached hydrogen (secondary N) is 3. The number of carbonyl (C=O) groups excluding carboxylic acids is 1. The minimum Gasteiger partial charge on any atom is -0.354 e. The highest BCUT2D eigenvalue weighted by Crippen LogP contribution is 2.39. The Hall–Kier alpha value is -4.76. The summed E-state index contributed by atoms with van der Waals surface area (Å²) in [6.07, 6.45) is 7.22. The highest BCUT2D eigenvalue weighted by molar-refractivity contribution is 6.37. The van der Waals surface area contributed by atoms with Gasteiger partial charge in [0.25, 0.3) is 11.6 Å². The number of fused-ring (bicyclic) bond motifs is 1. The van der Waals surface area contributed by atoms with Crippen molar-refractivity contribution in [1.29, 1.82) is 0 Å². The number of nitrogens with zero attached hydrogens (tertiary/aromatic N) is 3. The van der Waals surface area contributed by atoms with Crippen LogP contribution in [-0.4, -0.2) is 38.8 Å². The molecule has 9 heteroatoms. The van der Waals surface area contributed by atoms with Crippen molar-refractivity contribution in [1.82, 2.24) is 14.9 Å². The Morgan fingerprint density at radius 2 is 1.77 bits per heavy atom. The Labute approximate surface area is 225 Å². The van der Waals surface area contributed by atoms with E-state index >= 15 is 0 Å². The number of nitro benzene ring substituents is 1. The summed E-state index contributed by atoms with van der Waals surface area (Å²) in [5, 5.41) is 17.8. The van der Waals surface area contributed by atoms with E-state index in [1.165, 1.54) is 37.0 Å². The number of benzene rings is 3. The zero-order valence-corrected chi connectivity index (χ0v) is 21.3. The number of likely N-dealkylation sites (tertiary alicyclic amines) is 1. The third-order valence-electron chi connectivity index (χ3n) is 7.25. The number of hydrogen-bond donors (Lipinski definition) is 3. The van der Waals surface area contributed by atoms with E-state index in [1.807, 2.05) is 42.6 Å². The van der Waals surface area contributed by atoms with Gasteiger partial charge in [0.05, 0.1) is 28.2 Å². The van der Waals surface area contributed by atoms with Gasteiger partial charge < -0.3 is 15.6 Å². The molecule has 39 heavy (non-hydrogen) atoms. The maximum atomic E-state index is 13.3. The summed E-state index contributed by atoms with van der Waals surface area (Å²) >= 11 is 0. The highest BCUT2D eigenvalue weighted by atomic mass is 16.6. The maximum Gasteiger partial charge on any atom is 0.270 e. The van der Waals surface area contributed by atoms with Crippen molar-refractivity contribution in [2.45, 2.75) is 25.8 Å². The molecule has 1 aromatic heterocycles. The van der Waals surface area contributed by atoms with E-state index in [4.69, 9.17) is 0 Å². The summed E-state index contributed by atoms with van der Waals surface area (Å²) in [5.41, 5.74) is 6.54. The molecule has 0 unspecified atom stereocenters. The van der Waals surface area contributed by atoms with E-state index < -0.39 is 4.92 Å². The molecule has 2 aliphatic heterocycles. The van der Waals surface area contributed by atoms with Crippen LogP contribution < -0.4 is 10.6 Å². The fourth-order valence-corrected chi connectivity index (χ4v) is 5.24. The summed E-state index contributed by atoms with van der Waals surface area (Å²) in [6, 6.07) is 20.4. The van der Waals surface area contributed by atoms with E-state index in [1.54, 1.807) is 12.4 Å². The Bertz CT molecular complexity index is 1540. The predicted octanol–water partition coefficient (Wildman–Crippen LogP) is 5.90. The van der Waals surface area contributed by atoms with Crippen molar-refractivity contribution in [3.05, 3.63) is 106 Å². The van der Waals surface area contributed by atoms with E-state index in [9.17, 15) is 14.9 Å². The van der Waals surface area contributed by atoms with Crippen LogP contribution >= 0.6 is 0 Å². The van der Waals surface area contributed by atoms with E-state index in [-0.39, 0.29) is 11.6 Å². The van der Waals surface area contributed by atoms with Gasteiger partial charge in [-0.15, -0.1) is 0 Å². The number of hydrogen-bond acceptors (Lipinski definition) is 6. The molecule has 1 saturated heterocycles. The van der Waals surface area contributed by atoms with Crippen molar-refractivity contribution in [2.24, 2.45) is 0 Å². The first-order chi connectivity index (χ1) is 19.0. The minimum absolute atomic E-state index is 0.0673. The molecule has 196 valence electrons. The molecule has 3 aromatic carbocycles. The van der Waals surface area contributed by atoms with Crippen LogP contribution in [0.3, 0.4) is 0 Å². The lowest BCUT2D eigenvalue weighted by atomic mass is 9.98. The zero-order chi connectivity index (χ0) is 26.8. The van der Waals surface area contributed by atoms with Crippen LogP contribution in [0.5, 0.6) is 0 Å². The molecule has 0 aliphatic carbocycles. The SMILES string of the molecule is O=C1Nc2ccc([N+](=O)[O-])cc2C1=C(Nc1ccc(-c2c[nH]cn2)cc1)c1ccc(CN2CCCCC2)cc1. The molecule has 6 rings (SSSR count). The number of nitro groups is 1. The second-order valence-corrected chi connectivity index (χ2v) is 9.88. The quantitative estimate of drug-likeness (QED) is 0.159. The monoisotopic (exact) mass is 520 g/mol. The van der Waals surface area contributed by atoms with Gasteiger partial charge in [-0.1, -0.05) is 42.8 Å². The molecule has 1 fully saturated rings. The summed E-state index contributed by atoms with van der Waals surface area (Å²) < 4.78 is 0. The molecule has 3 N–H and O–H groups in total. The summed E-state index contributed by atoms with van der Waals surface area (Å²) in [5.74, 6) is -0.307. The number of aromatic nitrogens is 2.